The van der Waals surface area contributed by atoms with Crippen molar-refractivity contribution in [3.8, 4) is 11.8 Å². The van der Waals surface area contributed by atoms with Crippen LogP contribution in [0.4, 0.5) is 0 Å². The summed E-state index contributed by atoms with van der Waals surface area (Å²) in [7, 11) is 0. The Labute approximate surface area is 129 Å². The molecular weight excluding hydrogens is 290 g/mol. The fraction of sp³-hybridized carbons (Fsp3) is 0.438. The van der Waals surface area contributed by atoms with Crippen LogP contribution in [0, 0.1) is 17.8 Å². The minimum absolute atomic E-state index is 0.141. The smallest absolute Gasteiger partial charge is 0.251 e. The summed E-state index contributed by atoms with van der Waals surface area (Å²) in [5.41, 5.74) is 1.11. The molecule has 2 rings (SSSR count). The molecule has 0 aliphatic carbocycles. The summed E-state index contributed by atoms with van der Waals surface area (Å²) >= 11 is 6.07. The molecule has 1 aromatic rings. The van der Waals surface area contributed by atoms with Crippen LogP contribution in [0.15, 0.2) is 18.2 Å². The Hall–Kier alpha value is -1.54. The number of nitrogens with one attached hydrogen (secondary N) is 1. The van der Waals surface area contributed by atoms with Crippen LogP contribution >= 0.6 is 11.6 Å². The van der Waals surface area contributed by atoms with Gasteiger partial charge in [-0.1, -0.05) is 23.4 Å². The van der Waals surface area contributed by atoms with Crippen LogP contribution < -0.4 is 5.32 Å². The van der Waals surface area contributed by atoms with E-state index < -0.39 is 0 Å². The highest BCUT2D eigenvalue weighted by Gasteiger charge is 2.15. The van der Waals surface area contributed by atoms with Crippen LogP contribution in [0.5, 0.6) is 0 Å². The molecule has 21 heavy (non-hydrogen) atoms. The number of hydrogen-bond acceptors (Lipinski definition) is 3. The fourth-order valence-electron chi connectivity index (χ4n) is 2.20. The van der Waals surface area contributed by atoms with E-state index in [0.29, 0.717) is 28.6 Å². The molecular formula is C16H18ClNO3. The van der Waals surface area contributed by atoms with E-state index in [1.165, 1.54) is 0 Å². The van der Waals surface area contributed by atoms with E-state index in [1.807, 2.05) is 0 Å². The van der Waals surface area contributed by atoms with Gasteiger partial charge in [0.15, 0.2) is 0 Å². The molecule has 1 aromatic carbocycles. The van der Waals surface area contributed by atoms with Crippen LogP contribution in [0.2, 0.25) is 5.02 Å². The Balaban J connectivity index is 1.88. The molecule has 1 heterocycles. The lowest BCUT2D eigenvalue weighted by atomic mass is 10.1. The average molecular weight is 308 g/mol. The predicted octanol–water partition coefficient (Wildman–Crippen LogP) is 1.84. The van der Waals surface area contributed by atoms with Gasteiger partial charge in [0.25, 0.3) is 5.91 Å². The third-order valence-electron chi connectivity index (χ3n) is 3.40. The third kappa shape index (κ3) is 4.75. The second-order valence-corrected chi connectivity index (χ2v) is 5.34. The lowest BCUT2D eigenvalue weighted by Crippen LogP contribution is -2.26. The Morgan fingerprint density at radius 2 is 2.38 bits per heavy atom. The van der Waals surface area contributed by atoms with Crippen molar-refractivity contribution < 1.29 is 14.6 Å². The molecule has 0 bridgehead atoms. The first-order valence-electron chi connectivity index (χ1n) is 6.96. The molecule has 0 saturated carbocycles. The van der Waals surface area contributed by atoms with E-state index >= 15 is 0 Å². The first kappa shape index (κ1) is 15.8. The Bertz CT molecular complexity index is 556. The molecule has 0 spiro atoms. The van der Waals surface area contributed by atoms with Crippen LogP contribution in [0.1, 0.15) is 28.8 Å². The van der Waals surface area contributed by atoms with Gasteiger partial charge in [0.2, 0.25) is 0 Å². The van der Waals surface area contributed by atoms with E-state index in [4.69, 9.17) is 21.4 Å². The SMILES string of the molecule is O=C(NCCC1CCOC1)c1ccc(C#CCO)c(Cl)c1. The molecule has 1 amide bonds. The lowest BCUT2D eigenvalue weighted by molar-refractivity contribution is 0.0950. The number of benzene rings is 1. The van der Waals surface area contributed by atoms with Crippen LogP contribution in [0.3, 0.4) is 0 Å². The number of halogens is 1. The van der Waals surface area contributed by atoms with E-state index in [9.17, 15) is 4.79 Å². The van der Waals surface area contributed by atoms with Gasteiger partial charge in [0, 0.05) is 30.9 Å². The summed E-state index contributed by atoms with van der Waals surface area (Å²) in [5, 5.41) is 12.0. The van der Waals surface area contributed by atoms with Gasteiger partial charge in [-0.2, -0.15) is 0 Å². The van der Waals surface area contributed by atoms with Crippen molar-refractivity contribution in [3.63, 3.8) is 0 Å². The van der Waals surface area contributed by atoms with Crippen molar-refractivity contribution >= 4 is 17.5 Å². The molecule has 0 radical (unpaired) electrons. The quantitative estimate of drug-likeness (QED) is 0.835. The minimum atomic E-state index is -0.219. The summed E-state index contributed by atoms with van der Waals surface area (Å²) < 4.78 is 5.30. The van der Waals surface area contributed by atoms with Crippen LogP contribution in [-0.2, 0) is 4.74 Å². The monoisotopic (exact) mass is 307 g/mol. The maximum absolute atomic E-state index is 12.0. The summed E-state index contributed by atoms with van der Waals surface area (Å²) in [6.07, 6.45) is 2.00. The average Bonchev–Trinajstić information content (AvgIpc) is 2.99. The van der Waals surface area contributed by atoms with E-state index in [-0.39, 0.29) is 12.5 Å². The largest absolute Gasteiger partial charge is 0.384 e. The highest BCUT2D eigenvalue weighted by Crippen LogP contribution is 2.18. The Morgan fingerprint density at radius 3 is 3.05 bits per heavy atom. The topological polar surface area (TPSA) is 58.6 Å². The third-order valence-corrected chi connectivity index (χ3v) is 3.71. The van der Waals surface area contributed by atoms with Gasteiger partial charge in [-0.3, -0.25) is 4.79 Å². The summed E-state index contributed by atoms with van der Waals surface area (Å²) in [6.45, 7) is 2.03. The normalized spacial score (nSPS) is 17.1. The van der Waals surface area contributed by atoms with Crippen molar-refractivity contribution in [1.29, 1.82) is 0 Å². The highest BCUT2D eigenvalue weighted by molar-refractivity contribution is 6.32. The fourth-order valence-corrected chi connectivity index (χ4v) is 2.42. The van der Waals surface area contributed by atoms with Gasteiger partial charge in [-0.15, -0.1) is 0 Å². The van der Waals surface area contributed by atoms with Gasteiger partial charge in [-0.25, -0.2) is 0 Å². The molecule has 112 valence electrons. The summed E-state index contributed by atoms with van der Waals surface area (Å²) in [4.78, 5) is 12.0. The molecule has 5 heteroatoms. The number of carbonyl (C=O) groups excluding carboxylic acids is 1. The number of carbonyl (C=O) groups is 1. The van der Waals surface area contributed by atoms with Gasteiger partial charge < -0.3 is 15.2 Å². The number of rotatable bonds is 4. The molecule has 1 atom stereocenters. The van der Waals surface area contributed by atoms with E-state index in [0.717, 1.165) is 26.1 Å². The molecule has 4 nitrogen and oxygen atoms in total. The standard InChI is InChI=1S/C16H18ClNO3/c17-15-10-14(4-3-13(15)2-1-8-19)16(20)18-7-5-12-6-9-21-11-12/h3-4,10,12,19H,5-9,11H2,(H,18,20). The van der Waals surface area contributed by atoms with Crippen molar-refractivity contribution in [2.75, 3.05) is 26.4 Å². The summed E-state index contributed by atoms with van der Waals surface area (Å²) in [5.74, 6) is 5.66. The van der Waals surface area contributed by atoms with Gasteiger partial charge >= 0.3 is 0 Å². The van der Waals surface area contributed by atoms with E-state index in [2.05, 4.69) is 17.2 Å². The summed E-state index contributed by atoms with van der Waals surface area (Å²) in [6, 6.07) is 4.96. The lowest BCUT2D eigenvalue weighted by Gasteiger charge is -2.09. The number of aliphatic hydroxyl groups excluding tert-OH is 1. The van der Waals surface area contributed by atoms with Gasteiger partial charge in [0.05, 0.1) is 5.02 Å². The Morgan fingerprint density at radius 1 is 1.52 bits per heavy atom. The molecule has 1 unspecified atom stereocenters. The molecule has 1 aliphatic heterocycles. The number of hydrogen-bond donors (Lipinski definition) is 2. The molecule has 0 aromatic heterocycles. The molecule has 1 saturated heterocycles. The predicted molar refractivity (Wildman–Crippen MR) is 81.3 cm³/mol. The Kier molecular flexibility index (Phi) is 6.06. The van der Waals surface area contributed by atoms with Crippen molar-refractivity contribution in [3.05, 3.63) is 34.3 Å². The molecule has 1 fully saturated rings. The van der Waals surface area contributed by atoms with Crippen LogP contribution in [-0.4, -0.2) is 37.4 Å². The second-order valence-electron chi connectivity index (χ2n) is 4.93. The van der Waals surface area contributed by atoms with Gasteiger partial charge in [0.1, 0.15) is 6.61 Å². The highest BCUT2D eigenvalue weighted by atomic mass is 35.5. The number of aliphatic hydroxyl groups is 1. The van der Waals surface area contributed by atoms with Crippen molar-refractivity contribution in [2.45, 2.75) is 12.8 Å². The molecule has 1 aliphatic rings. The maximum Gasteiger partial charge on any atom is 0.251 e. The second kappa shape index (κ2) is 8.04. The zero-order valence-electron chi connectivity index (χ0n) is 11.7. The first-order chi connectivity index (χ1) is 10.2. The van der Waals surface area contributed by atoms with Crippen molar-refractivity contribution in [2.24, 2.45) is 5.92 Å². The van der Waals surface area contributed by atoms with Gasteiger partial charge in [-0.05, 0) is 37.0 Å². The van der Waals surface area contributed by atoms with Crippen LogP contribution in [0.25, 0.3) is 0 Å². The minimum Gasteiger partial charge on any atom is -0.384 e. The number of amides is 1. The first-order valence-corrected chi connectivity index (χ1v) is 7.33. The molecule has 2 N–H and O–H groups in total. The van der Waals surface area contributed by atoms with E-state index in [1.54, 1.807) is 18.2 Å². The zero-order valence-corrected chi connectivity index (χ0v) is 12.4. The maximum atomic E-state index is 12.0. The zero-order chi connectivity index (χ0) is 15.1. The van der Waals surface area contributed by atoms with Crippen molar-refractivity contribution in [1.82, 2.24) is 5.32 Å². The number of ether oxygens (including phenoxy) is 1.